The summed E-state index contributed by atoms with van der Waals surface area (Å²) in [5.41, 5.74) is -0.391. The Kier molecular flexibility index (Phi) is 1.76. The third-order valence-electron chi connectivity index (χ3n) is 1.00. The Morgan fingerprint density at radius 3 is 3.00 bits per heavy atom. The molecule has 1 rings (SSSR count). The zero-order valence-corrected chi connectivity index (χ0v) is 7.06. The summed E-state index contributed by atoms with van der Waals surface area (Å²) in [7, 11) is -2.85. The minimum absolute atomic E-state index is 0.00886. The first-order valence-electron chi connectivity index (χ1n) is 4.21. The van der Waals surface area contributed by atoms with Crippen molar-refractivity contribution in [2.45, 2.75) is 0 Å². The van der Waals surface area contributed by atoms with Crippen LogP contribution in [-0.4, -0.2) is 23.2 Å². The summed E-state index contributed by atoms with van der Waals surface area (Å²) in [5.74, 6) is -1.18. The highest BCUT2D eigenvalue weighted by molar-refractivity contribution is 6.35. The molecule has 1 aromatic heterocycles. The van der Waals surface area contributed by atoms with E-state index >= 15 is 0 Å². The fraction of sp³-hybridized carbons (Fsp3) is 0.167. The SMILES string of the molecule is [2H]C([2H])([2H])OC(=O)c1nnc(Cl)cc1Cl. The number of rotatable bonds is 1. The number of methoxy groups -OCH3 is 1. The Hall–Kier alpha value is -0.870. The van der Waals surface area contributed by atoms with E-state index in [0.29, 0.717) is 0 Å². The number of hydrogen-bond acceptors (Lipinski definition) is 4. The van der Waals surface area contributed by atoms with E-state index in [1.165, 1.54) is 0 Å². The van der Waals surface area contributed by atoms with Crippen LogP contribution in [0.25, 0.3) is 0 Å². The van der Waals surface area contributed by atoms with Crippen molar-refractivity contribution in [1.29, 1.82) is 0 Å². The second-order valence-corrected chi connectivity index (χ2v) is 2.55. The van der Waals surface area contributed by atoms with E-state index in [1.54, 1.807) is 0 Å². The lowest BCUT2D eigenvalue weighted by molar-refractivity contribution is 0.0593. The Labute approximate surface area is 82.7 Å². The number of halogens is 2. The summed E-state index contributed by atoms with van der Waals surface area (Å²) in [6.07, 6.45) is 0. The minimum Gasteiger partial charge on any atom is -0.464 e. The van der Waals surface area contributed by atoms with Crippen molar-refractivity contribution in [2.24, 2.45) is 0 Å². The molecule has 64 valence electrons. The van der Waals surface area contributed by atoms with Gasteiger partial charge in [-0.25, -0.2) is 4.79 Å². The lowest BCUT2D eigenvalue weighted by atomic mass is 10.4. The average Bonchev–Trinajstić information content (AvgIpc) is 1.99. The van der Waals surface area contributed by atoms with Crippen LogP contribution >= 0.6 is 23.2 Å². The molecule has 0 aliphatic rings. The minimum atomic E-state index is -2.85. The third kappa shape index (κ3) is 1.84. The van der Waals surface area contributed by atoms with E-state index in [4.69, 9.17) is 27.3 Å². The summed E-state index contributed by atoms with van der Waals surface area (Å²) in [4.78, 5) is 11.2. The zero-order valence-electron chi connectivity index (χ0n) is 8.54. The third-order valence-corrected chi connectivity index (χ3v) is 1.48. The van der Waals surface area contributed by atoms with Crippen molar-refractivity contribution in [3.8, 4) is 0 Å². The molecule has 0 unspecified atom stereocenters. The summed E-state index contributed by atoms with van der Waals surface area (Å²) >= 11 is 11.0. The van der Waals surface area contributed by atoms with Gasteiger partial charge in [-0.15, -0.1) is 10.2 Å². The molecule has 0 radical (unpaired) electrons. The zero-order chi connectivity index (χ0) is 11.6. The molecule has 0 aliphatic heterocycles. The molecule has 0 amide bonds. The van der Waals surface area contributed by atoms with Gasteiger partial charge in [0.15, 0.2) is 10.8 Å². The number of hydrogen-bond donors (Lipinski definition) is 0. The van der Waals surface area contributed by atoms with Crippen molar-refractivity contribution in [2.75, 3.05) is 7.04 Å². The van der Waals surface area contributed by atoms with Crippen LogP contribution in [0.2, 0.25) is 10.2 Å². The van der Waals surface area contributed by atoms with E-state index < -0.39 is 18.7 Å². The maximum Gasteiger partial charge on any atom is 0.360 e. The Balaban J connectivity index is 2.92. The van der Waals surface area contributed by atoms with Crippen LogP contribution in [-0.2, 0) is 4.74 Å². The van der Waals surface area contributed by atoms with Crippen molar-refractivity contribution >= 4 is 29.2 Å². The van der Waals surface area contributed by atoms with Crippen LogP contribution in [0, 0.1) is 0 Å². The first-order valence-corrected chi connectivity index (χ1v) is 3.47. The standard InChI is InChI=1S/C6H4Cl2N2O2/c1-12-6(11)5-3(7)2-4(8)9-10-5/h2H,1H3/i1D3. The Morgan fingerprint density at radius 1 is 1.67 bits per heavy atom. The van der Waals surface area contributed by atoms with E-state index in [9.17, 15) is 4.79 Å². The van der Waals surface area contributed by atoms with Gasteiger partial charge in [-0.05, 0) is 6.07 Å². The lowest BCUT2D eigenvalue weighted by Crippen LogP contribution is -2.06. The van der Waals surface area contributed by atoms with Crippen LogP contribution in [0.1, 0.15) is 14.6 Å². The maximum absolute atomic E-state index is 11.2. The highest BCUT2D eigenvalue weighted by atomic mass is 35.5. The predicted molar refractivity (Wildman–Crippen MR) is 43.4 cm³/mol. The molecular formula is C6H4Cl2N2O2. The molecule has 0 N–H and O–H groups in total. The fourth-order valence-corrected chi connectivity index (χ4v) is 0.955. The van der Waals surface area contributed by atoms with Crippen molar-refractivity contribution < 1.29 is 13.6 Å². The van der Waals surface area contributed by atoms with Crippen molar-refractivity contribution in [3.05, 3.63) is 21.9 Å². The van der Waals surface area contributed by atoms with E-state index in [-0.39, 0.29) is 10.2 Å². The molecule has 0 saturated carbocycles. The van der Waals surface area contributed by atoms with Gasteiger partial charge in [0.2, 0.25) is 0 Å². The monoisotopic (exact) mass is 209 g/mol. The molecule has 0 saturated heterocycles. The number of nitrogens with zero attached hydrogens (tertiary/aromatic N) is 2. The van der Waals surface area contributed by atoms with Crippen LogP contribution < -0.4 is 0 Å². The van der Waals surface area contributed by atoms with Gasteiger partial charge >= 0.3 is 5.97 Å². The number of aromatic nitrogens is 2. The van der Waals surface area contributed by atoms with Crippen LogP contribution in [0.3, 0.4) is 0 Å². The summed E-state index contributed by atoms with van der Waals surface area (Å²) in [6.45, 7) is 0. The van der Waals surface area contributed by atoms with Gasteiger partial charge in [-0.3, -0.25) is 0 Å². The number of carbonyl (C=O) groups excluding carboxylic acids is 1. The topological polar surface area (TPSA) is 52.1 Å². The van der Waals surface area contributed by atoms with Gasteiger partial charge in [0.1, 0.15) is 0 Å². The fourth-order valence-electron chi connectivity index (χ4n) is 0.534. The van der Waals surface area contributed by atoms with Gasteiger partial charge in [0, 0.05) is 0 Å². The second kappa shape index (κ2) is 3.69. The van der Waals surface area contributed by atoms with Gasteiger partial charge in [-0.2, -0.15) is 0 Å². The van der Waals surface area contributed by atoms with Gasteiger partial charge in [-0.1, -0.05) is 23.2 Å². The van der Waals surface area contributed by atoms with Gasteiger partial charge < -0.3 is 4.74 Å². The molecule has 0 bridgehead atoms. The molecule has 0 atom stereocenters. The highest BCUT2D eigenvalue weighted by Crippen LogP contribution is 2.16. The van der Waals surface area contributed by atoms with Crippen LogP contribution in [0.15, 0.2) is 6.07 Å². The Morgan fingerprint density at radius 2 is 2.42 bits per heavy atom. The van der Waals surface area contributed by atoms with Crippen LogP contribution in [0.5, 0.6) is 0 Å². The summed E-state index contributed by atoms with van der Waals surface area (Å²) < 4.78 is 24.2. The first kappa shape index (κ1) is 5.72. The van der Waals surface area contributed by atoms with E-state index in [0.717, 1.165) is 6.07 Å². The van der Waals surface area contributed by atoms with Crippen molar-refractivity contribution in [1.82, 2.24) is 10.2 Å². The predicted octanol–water partition coefficient (Wildman–Crippen LogP) is 1.57. The Bertz CT molecular complexity index is 396. The smallest absolute Gasteiger partial charge is 0.360 e. The molecular weight excluding hydrogens is 203 g/mol. The number of esters is 1. The number of ether oxygens (including phenoxy) is 1. The normalized spacial score (nSPS) is 14.3. The average molecular weight is 210 g/mol. The van der Waals surface area contributed by atoms with E-state index in [2.05, 4.69) is 14.9 Å². The highest BCUT2D eigenvalue weighted by Gasteiger charge is 2.13. The summed E-state index contributed by atoms with van der Waals surface area (Å²) in [6, 6.07) is 1.16. The lowest BCUT2D eigenvalue weighted by Gasteiger charge is -1.98. The largest absolute Gasteiger partial charge is 0.464 e. The molecule has 0 aromatic carbocycles. The first-order chi connectivity index (χ1) is 6.79. The maximum atomic E-state index is 11.2. The second-order valence-electron chi connectivity index (χ2n) is 1.75. The molecule has 1 heterocycles. The molecule has 12 heavy (non-hydrogen) atoms. The van der Waals surface area contributed by atoms with Gasteiger partial charge in [0.25, 0.3) is 0 Å². The number of carbonyl (C=O) groups is 1. The van der Waals surface area contributed by atoms with E-state index in [1.807, 2.05) is 0 Å². The molecule has 0 aliphatic carbocycles. The molecule has 4 nitrogen and oxygen atoms in total. The molecule has 0 fully saturated rings. The molecule has 0 spiro atoms. The summed E-state index contributed by atoms with van der Waals surface area (Å²) in [5, 5.41) is 6.53. The quantitative estimate of drug-likeness (QED) is 0.660. The molecule has 6 heteroatoms. The van der Waals surface area contributed by atoms with Crippen molar-refractivity contribution in [3.63, 3.8) is 0 Å². The van der Waals surface area contributed by atoms with Crippen LogP contribution in [0.4, 0.5) is 0 Å². The van der Waals surface area contributed by atoms with Gasteiger partial charge in [0.05, 0.1) is 16.2 Å². The molecule has 1 aromatic rings.